The van der Waals surface area contributed by atoms with Gasteiger partial charge in [-0.3, -0.25) is 19.5 Å². The van der Waals surface area contributed by atoms with Gasteiger partial charge in [-0.25, -0.2) is 0 Å². The van der Waals surface area contributed by atoms with E-state index in [-0.39, 0.29) is 23.9 Å². The zero-order valence-electron chi connectivity index (χ0n) is 20.4. The van der Waals surface area contributed by atoms with Crippen molar-refractivity contribution in [3.05, 3.63) is 30.1 Å². The molecule has 1 aromatic rings. The summed E-state index contributed by atoms with van der Waals surface area (Å²) in [4.78, 5) is 37.7. The van der Waals surface area contributed by atoms with E-state index in [1.54, 1.807) is 18.5 Å². The standard InChI is InChI=1S/C26H41N5O2/c1-20(2)17-30(18-21-7-4-3-5-8-21)23-15-24(26(33)29-13-11-27-12-14-29)31(19-23)25(32)22-9-6-10-28-16-22/h6,9-10,16,20-21,23-24,27H,3-5,7-8,11-15,17-19H2,1-2H3. The fraction of sp³-hybridized carbons (Fsp3) is 0.731. The summed E-state index contributed by atoms with van der Waals surface area (Å²) in [5.74, 6) is 1.33. The Labute approximate surface area is 198 Å². The van der Waals surface area contributed by atoms with Crippen molar-refractivity contribution >= 4 is 11.8 Å². The van der Waals surface area contributed by atoms with Gasteiger partial charge < -0.3 is 15.1 Å². The number of pyridine rings is 1. The maximum absolute atomic E-state index is 13.6. The molecule has 2 aliphatic heterocycles. The van der Waals surface area contributed by atoms with E-state index in [2.05, 4.69) is 29.0 Å². The summed E-state index contributed by atoms with van der Waals surface area (Å²) in [6.45, 7) is 10.3. The first-order valence-electron chi connectivity index (χ1n) is 13.0. The molecule has 3 heterocycles. The lowest BCUT2D eigenvalue weighted by Gasteiger charge is -2.35. The average molecular weight is 456 g/mol. The zero-order valence-corrected chi connectivity index (χ0v) is 20.4. The second kappa shape index (κ2) is 11.4. The van der Waals surface area contributed by atoms with Gasteiger partial charge in [0, 0.05) is 64.2 Å². The normalized spacial score (nSPS) is 24.6. The summed E-state index contributed by atoms with van der Waals surface area (Å²) >= 11 is 0. The summed E-state index contributed by atoms with van der Waals surface area (Å²) in [5.41, 5.74) is 0.568. The summed E-state index contributed by atoms with van der Waals surface area (Å²) in [6.07, 6.45) is 10.7. The maximum Gasteiger partial charge on any atom is 0.256 e. The quantitative estimate of drug-likeness (QED) is 0.685. The number of amides is 2. The predicted octanol–water partition coefficient (Wildman–Crippen LogP) is 2.63. The first-order valence-corrected chi connectivity index (χ1v) is 13.0. The van der Waals surface area contributed by atoms with Gasteiger partial charge in [-0.2, -0.15) is 0 Å². The Morgan fingerprint density at radius 2 is 1.94 bits per heavy atom. The Morgan fingerprint density at radius 1 is 1.18 bits per heavy atom. The maximum atomic E-state index is 13.6. The van der Waals surface area contributed by atoms with Crippen LogP contribution in [0.4, 0.5) is 0 Å². The summed E-state index contributed by atoms with van der Waals surface area (Å²) in [5, 5.41) is 3.32. The molecule has 33 heavy (non-hydrogen) atoms. The van der Waals surface area contributed by atoms with Crippen molar-refractivity contribution in [3.63, 3.8) is 0 Å². The molecule has 1 aromatic heterocycles. The molecule has 3 aliphatic rings. The van der Waals surface area contributed by atoms with Crippen molar-refractivity contribution in [1.82, 2.24) is 25.0 Å². The summed E-state index contributed by atoms with van der Waals surface area (Å²) in [7, 11) is 0. The highest BCUT2D eigenvalue weighted by Gasteiger charge is 2.44. The van der Waals surface area contributed by atoms with Crippen molar-refractivity contribution in [1.29, 1.82) is 0 Å². The van der Waals surface area contributed by atoms with Gasteiger partial charge >= 0.3 is 0 Å². The van der Waals surface area contributed by atoms with Crippen LogP contribution in [0.5, 0.6) is 0 Å². The Balaban J connectivity index is 1.54. The fourth-order valence-corrected chi connectivity index (χ4v) is 5.83. The van der Waals surface area contributed by atoms with E-state index >= 15 is 0 Å². The van der Waals surface area contributed by atoms with E-state index in [1.165, 1.54) is 32.1 Å². The summed E-state index contributed by atoms with van der Waals surface area (Å²) in [6, 6.07) is 3.44. The SMILES string of the molecule is CC(C)CN(CC1CCCCC1)C1CC(C(=O)N2CCNCC2)N(C(=O)c2cccnc2)C1. The third kappa shape index (κ3) is 6.12. The van der Waals surface area contributed by atoms with E-state index < -0.39 is 0 Å². The Bertz CT molecular complexity index is 774. The first kappa shape index (κ1) is 24.1. The van der Waals surface area contributed by atoms with Crippen LogP contribution in [0.25, 0.3) is 0 Å². The first-order chi connectivity index (χ1) is 16.0. The van der Waals surface area contributed by atoms with Crippen LogP contribution in [0.1, 0.15) is 62.7 Å². The predicted molar refractivity (Wildman–Crippen MR) is 130 cm³/mol. The monoisotopic (exact) mass is 455 g/mol. The average Bonchev–Trinajstić information content (AvgIpc) is 3.30. The van der Waals surface area contributed by atoms with Crippen LogP contribution < -0.4 is 5.32 Å². The number of carbonyl (C=O) groups excluding carboxylic acids is 2. The van der Waals surface area contributed by atoms with Crippen molar-refractivity contribution < 1.29 is 9.59 Å². The molecule has 2 amide bonds. The molecular weight excluding hydrogens is 414 g/mol. The molecule has 3 fully saturated rings. The number of likely N-dealkylation sites (tertiary alicyclic amines) is 1. The van der Waals surface area contributed by atoms with Gasteiger partial charge in [0.2, 0.25) is 5.91 Å². The molecule has 0 spiro atoms. The molecule has 0 aromatic carbocycles. The number of piperazine rings is 1. The van der Waals surface area contributed by atoms with Gasteiger partial charge in [-0.1, -0.05) is 33.1 Å². The van der Waals surface area contributed by atoms with Crippen molar-refractivity contribution in [2.45, 2.75) is 64.5 Å². The number of rotatable bonds is 7. The van der Waals surface area contributed by atoms with E-state index in [9.17, 15) is 9.59 Å². The van der Waals surface area contributed by atoms with Crippen LogP contribution in [0.15, 0.2) is 24.5 Å². The second-order valence-electron chi connectivity index (χ2n) is 10.5. The van der Waals surface area contributed by atoms with E-state index in [4.69, 9.17) is 0 Å². The molecule has 1 N–H and O–H groups in total. The third-order valence-corrected chi connectivity index (χ3v) is 7.50. The van der Waals surface area contributed by atoms with Crippen LogP contribution in [0.3, 0.4) is 0 Å². The minimum absolute atomic E-state index is 0.0683. The molecular formula is C26H41N5O2. The Kier molecular flexibility index (Phi) is 8.36. The molecule has 1 saturated carbocycles. The van der Waals surface area contributed by atoms with Crippen LogP contribution >= 0.6 is 0 Å². The highest BCUT2D eigenvalue weighted by Crippen LogP contribution is 2.30. The van der Waals surface area contributed by atoms with Gasteiger partial charge in [-0.05, 0) is 43.2 Å². The lowest BCUT2D eigenvalue weighted by molar-refractivity contribution is -0.135. The second-order valence-corrected chi connectivity index (χ2v) is 10.5. The minimum atomic E-state index is -0.387. The van der Waals surface area contributed by atoms with E-state index in [0.717, 1.165) is 38.5 Å². The molecule has 2 unspecified atom stereocenters. The Morgan fingerprint density at radius 3 is 2.61 bits per heavy atom. The van der Waals surface area contributed by atoms with Gasteiger partial charge in [0.15, 0.2) is 0 Å². The van der Waals surface area contributed by atoms with Crippen molar-refractivity contribution in [2.24, 2.45) is 11.8 Å². The molecule has 2 atom stereocenters. The van der Waals surface area contributed by atoms with E-state index in [1.807, 2.05) is 15.9 Å². The van der Waals surface area contributed by atoms with Crippen LogP contribution in [0.2, 0.25) is 0 Å². The van der Waals surface area contributed by atoms with E-state index in [0.29, 0.717) is 31.1 Å². The molecule has 182 valence electrons. The lowest BCUT2D eigenvalue weighted by Crippen LogP contribution is -2.53. The topological polar surface area (TPSA) is 68.8 Å². The molecule has 0 radical (unpaired) electrons. The fourth-order valence-electron chi connectivity index (χ4n) is 5.83. The van der Waals surface area contributed by atoms with Gasteiger partial charge in [0.25, 0.3) is 5.91 Å². The number of hydrogen-bond donors (Lipinski definition) is 1. The molecule has 7 heteroatoms. The highest BCUT2D eigenvalue weighted by atomic mass is 16.2. The third-order valence-electron chi connectivity index (χ3n) is 7.50. The molecule has 7 nitrogen and oxygen atoms in total. The molecule has 0 bridgehead atoms. The zero-order chi connectivity index (χ0) is 23.2. The molecule has 2 saturated heterocycles. The van der Waals surface area contributed by atoms with Gasteiger partial charge in [0.05, 0.1) is 5.56 Å². The van der Waals surface area contributed by atoms with Crippen molar-refractivity contribution in [2.75, 3.05) is 45.8 Å². The minimum Gasteiger partial charge on any atom is -0.338 e. The largest absolute Gasteiger partial charge is 0.338 e. The van der Waals surface area contributed by atoms with Crippen LogP contribution in [-0.2, 0) is 4.79 Å². The van der Waals surface area contributed by atoms with Crippen LogP contribution in [0, 0.1) is 11.8 Å². The summed E-state index contributed by atoms with van der Waals surface area (Å²) < 4.78 is 0. The van der Waals surface area contributed by atoms with Crippen LogP contribution in [-0.4, -0.2) is 89.4 Å². The van der Waals surface area contributed by atoms with Gasteiger partial charge in [-0.15, -0.1) is 0 Å². The molecule has 1 aliphatic carbocycles. The lowest BCUT2D eigenvalue weighted by atomic mass is 9.88. The Hall–Kier alpha value is -1.99. The molecule has 4 rings (SSSR count). The smallest absolute Gasteiger partial charge is 0.256 e. The number of nitrogens with zero attached hydrogens (tertiary/aromatic N) is 4. The van der Waals surface area contributed by atoms with Crippen molar-refractivity contribution in [3.8, 4) is 0 Å². The number of aromatic nitrogens is 1. The van der Waals surface area contributed by atoms with Gasteiger partial charge in [0.1, 0.15) is 6.04 Å². The number of hydrogen-bond acceptors (Lipinski definition) is 5. The number of carbonyl (C=O) groups is 2. The highest BCUT2D eigenvalue weighted by molar-refractivity contribution is 5.97. The number of nitrogens with one attached hydrogen (secondary N) is 1.